The first-order valence-electron chi connectivity index (χ1n) is 10.3. The lowest BCUT2D eigenvalue weighted by molar-refractivity contribution is -0.116. The molecule has 1 heterocycles. The van der Waals surface area contributed by atoms with Crippen LogP contribution in [-0.4, -0.2) is 18.0 Å². The van der Waals surface area contributed by atoms with Gasteiger partial charge in [-0.25, -0.2) is 4.98 Å². The van der Waals surface area contributed by atoms with Gasteiger partial charge in [0.15, 0.2) is 0 Å². The van der Waals surface area contributed by atoms with Crippen molar-refractivity contribution in [1.82, 2.24) is 10.3 Å². The van der Waals surface area contributed by atoms with Crippen molar-refractivity contribution < 1.29 is 9.53 Å². The fourth-order valence-corrected chi connectivity index (χ4v) is 4.00. The molecule has 0 atom stereocenters. The van der Waals surface area contributed by atoms with Gasteiger partial charge in [0.1, 0.15) is 10.8 Å². The SMILES string of the molecule is COc1ccc(/C=C/C(=O)NCc2ccc(-c3nc(-c4ccc(C)cc4)cs3)cc2)cc1. The van der Waals surface area contributed by atoms with Crippen molar-refractivity contribution in [3.63, 3.8) is 0 Å². The van der Waals surface area contributed by atoms with Crippen LogP contribution in [0.1, 0.15) is 16.7 Å². The van der Waals surface area contributed by atoms with E-state index in [1.807, 2.05) is 48.5 Å². The van der Waals surface area contributed by atoms with E-state index in [0.29, 0.717) is 6.54 Å². The monoisotopic (exact) mass is 440 g/mol. The lowest BCUT2D eigenvalue weighted by Gasteiger charge is -2.04. The minimum absolute atomic E-state index is 0.132. The van der Waals surface area contributed by atoms with E-state index in [0.717, 1.165) is 38.7 Å². The van der Waals surface area contributed by atoms with Gasteiger partial charge in [-0.3, -0.25) is 4.79 Å². The van der Waals surface area contributed by atoms with E-state index >= 15 is 0 Å². The van der Waals surface area contributed by atoms with Crippen molar-refractivity contribution in [2.24, 2.45) is 0 Å². The fraction of sp³-hybridized carbons (Fsp3) is 0.111. The zero-order valence-electron chi connectivity index (χ0n) is 18.0. The number of benzene rings is 3. The van der Waals surface area contributed by atoms with Crippen molar-refractivity contribution in [2.45, 2.75) is 13.5 Å². The maximum atomic E-state index is 12.1. The Hall–Kier alpha value is -3.70. The summed E-state index contributed by atoms with van der Waals surface area (Å²) >= 11 is 1.63. The number of thiazole rings is 1. The summed E-state index contributed by atoms with van der Waals surface area (Å²) in [5, 5.41) is 5.99. The molecule has 3 aromatic carbocycles. The molecule has 0 bridgehead atoms. The highest BCUT2D eigenvalue weighted by atomic mass is 32.1. The normalized spacial score (nSPS) is 10.9. The average molecular weight is 441 g/mol. The summed E-state index contributed by atoms with van der Waals surface area (Å²) in [5.74, 6) is 0.659. The topological polar surface area (TPSA) is 51.2 Å². The van der Waals surface area contributed by atoms with Crippen molar-refractivity contribution in [3.05, 3.63) is 101 Å². The highest BCUT2D eigenvalue weighted by Crippen LogP contribution is 2.29. The molecule has 1 aromatic heterocycles. The highest BCUT2D eigenvalue weighted by molar-refractivity contribution is 7.13. The molecule has 0 spiro atoms. The van der Waals surface area contributed by atoms with Crippen molar-refractivity contribution >= 4 is 23.3 Å². The number of ether oxygens (including phenoxy) is 1. The van der Waals surface area contributed by atoms with Gasteiger partial charge in [0, 0.05) is 29.1 Å². The summed E-state index contributed by atoms with van der Waals surface area (Å²) in [5.41, 5.74) is 6.41. The summed E-state index contributed by atoms with van der Waals surface area (Å²) in [6.45, 7) is 2.55. The minimum atomic E-state index is -0.132. The van der Waals surface area contributed by atoms with Crippen LogP contribution in [0, 0.1) is 6.92 Å². The summed E-state index contributed by atoms with van der Waals surface area (Å²) in [6, 6.07) is 24.1. The number of nitrogens with one attached hydrogen (secondary N) is 1. The van der Waals surface area contributed by atoms with Gasteiger partial charge in [-0.15, -0.1) is 11.3 Å². The Kier molecular flexibility index (Phi) is 6.78. The second kappa shape index (κ2) is 10.1. The molecule has 0 unspecified atom stereocenters. The average Bonchev–Trinajstić information content (AvgIpc) is 3.33. The van der Waals surface area contributed by atoms with Crippen molar-refractivity contribution in [1.29, 1.82) is 0 Å². The first-order chi connectivity index (χ1) is 15.6. The number of carbonyl (C=O) groups excluding carboxylic acids is 1. The Labute approximate surface area is 192 Å². The second-order valence-corrected chi connectivity index (χ2v) is 8.28. The van der Waals surface area contributed by atoms with Gasteiger partial charge >= 0.3 is 0 Å². The number of methoxy groups -OCH3 is 1. The number of hydrogen-bond acceptors (Lipinski definition) is 4. The van der Waals surface area contributed by atoms with Gasteiger partial charge in [-0.05, 0) is 36.3 Å². The van der Waals surface area contributed by atoms with Crippen LogP contribution >= 0.6 is 11.3 Å². The number of hydrogen-bond donors (Lipinski definition) is 1. The van der Waals surface area contributed by atoms with E-state index in [1.165, 1.54) is 5.56 Å². The van der Waals surface area contributed by atoms with Gasteiger partial charge in [-0.1, -0.05) is 66.2 Å². The van der Waals surface area contributed by atoms with Crippen LogP contribution in [0.2, 0.25) is 0 Å². The summed E-state index contributed by atoms with van der Waals surface area (Å²) in [7, 11) is 1.63. The predicted octanol–water partition coefficient (Wildman–Crippen LogP) is 6.12. The maximum Gasteiger partial charge on any atom is 0.244 e. The van der Waals surface area contributed by atoms with Gasteiger partial charge in [0.25, 0.3) is 0 Å². The number of aromatic nitrogens is 1. The third-order valence-electron chi connectivity index (χ3n) is 5.06. The van der Waals surface area contributed by atoms with E-state index in [4.69, 9.17) is 9.72 Å². The third-order valence-corrected chi connectivity index (χ3v) is 5.95. The molecule has 4 rings (SSSR count). The molecule has 160 valence electrons. The van der Waals surface area contributed by atoms with Gasteiger partial charge < -0.3 is 10.1 Å². The van der Waals surface area contributed by atoms with Crippen molar-refractivity contribution in [2.75, 3.05) is 7.11 Å². The Balaban J connectivity index is 1.33. The van der Waals surface area contributed by atoms with Crippen LogP contribution in [0.4, 0.5) is 0 Å². The number of rotatable bonds is 7. The molecule has 0 radical (unpaired) electrons. The first kappa shape index (κ1) is 21.5. The predicted molar refractivity (Wildman–Crippen MR) is 132 cm³/mol. The Morgan fingerprint density at radius 1 is 0.969 bits per heavy atom. The summed E-state index contributed by atoms with van der Waals surface area (Å²) < 4.78 is 5.14. The number of carbonyl (C=O) groups is 1. The molecule has 1 amide bonds. The molecular weight excluding hydrogens is 416 g/mol. The van der Waals surface area contributed by atoms with E-state index in [9.17, 15) is 4.79 Å². The van der Waals surface area contributed by atoms with E-state index in [2.05, 4.69) is 41.9 Å². The van der Waals surface area contributed by atoms with Crippen molar-refractivity contribution in [3.8, 4) is 27.6 Å². The largest absolute Gasteiger partial charge is 0.497 e. The van der Waals surface area contributed by atoms with E-state index < -0.39 is 0 Å². The molecular formula is C27H24N2O2S. The minimum Gasteiger partial charge on any atom is -0.497 e. The van der Waals surface area contributed by atoms with Crippen LogP contribution in [0.5, 0.6) is 5.75 Å². The Morgan fingerprint density at radius 2 is 1.66 bits per heavy atom. The molecule has 4 nitrogen and oxygen atoms in total. The molecule has 0 aliphatic heterocycles. The zero-order chi connectivity index (χ0) is 22.3. The molecule has 4 aromatic rings. The van der Waals surface area contributed by atoms with Crippen LogP contribution in [0.15, 0.2) is 84.3 Å². The first-order valence-corrected chi connectivity index (χ1v) is 11.2. The van der Waals surface area contributed by atoms with Gasteiger partial charge in [-0.2, -0.15) is 0 Å². The standard InChI is InChI=1S/C27H24N2O2S/c1-19-3-10-22(11-4-19)25-18-32-27(29-25)23-12-5-21(6-13-23)17-28-26(30)16-9-20-7-14-24(31-2)15-8-20/h3-16,18H,17H2,1-2H3,(H,28,30)/b16-9+. The zero-order valence-corrected chi connectivity index (χ0v) is 18.9. The molecule has 0 aliphatic carbocycles. The van der Waals surface area contributed by atoms with E-state index in [1.54, 1.807) is 30.6 Å². The lowest BCUT2D eigenvalue weighted by Crippen LogP contribution is -2.20. The maximum absolute atomic E-state index is 12.1. The molecule has 5 heteroatoms. The van der Waals surface area contributed by atoms with Gasteiger partial charge in [0.2, 0.25) is 5.91 Å². The molecule has 0 saturated carbocycles. The molecule has 1 N–H and O–H groups in total. The van der Waals surface area contributed by atoms with Crippen LogP contribution in [-0.2, 0) is 11.3 Å². The number of amides is 1. The second-order valence-electron chi connectivity index (χ2n) is 7.43. The van der Waals surface area contributed by atoms with Gasteiger partial charge in [0.05, 0.1) is 12.8 Å². The smallest absolute Gasteiger partial charge is 0.244 e. The summed E-state index contributed by atoms with van der Waals surface area (Å²) in [6.07, 6.45) is 3.32. The molecule has 0 saturated heterocycles. The van der Waals surface area contributed by atoms with Crippen LogP contribution in [0.3, 0.4) is 0 Å². The molecule has 0 fully saturated rings. The quantitative estimate of drug-likeness (QED) is 0.352. The Bertz CT molecular complexity index is 1210. The summed E-state index contributed by atoms with van der Waals surface area (Å²) in [4.78, 5) is 16.9. The van der Waals surface area contributed by atoms with Crippen LogP contribution in [0.25, 0.3) is 27.9 Å². The highest BCUT2D eigenvalue weighted by Gasteiger charge is 2.07. The van der Waals surface area contributed by atoms with E-state index in [-0.39, 0.29) is 5.91 Å². The lowest BCUT2D eigenvalue weighted by atomic mass is 10.1. The Morgan fingerprint density at radius 3 is 2.34 bits per heavy atom. The molecule has 0 aliphatic rings. The molecule has 32 heavy (non-hydrogen) atoms. The fourth-order valence-electron chi connectivity index (χ4n) is 3.16. The number of nitrogens with zero attached hydrogens (tertiary/aromatic N) is 1. The third kappa shape index (κ3) is 5.50. The number of aryl methyl sites for hydroxylation is 1. The van der Waals surface area contributed by atoms with Crippen LogP contribution < -0.4 is 10.1 Å².